The van der Waals surface area contributed by atoms with Crippen LogP contribution in [0.5, 0.6) is 11.8 Å². The van der Waals surface area contributed by atoms with E-state index in [-0.39, 0.29) is 27.4 Å². The molecule has 0 unspecified atom stereocenters. The molecule has 2 heterocycles. The van der Waals surface area contributed by atoms with E-state index in [1.807, 2.05) is 0 Å². The summed E-state index contributed by atoms with van der Waals surface area (Å²) < 4.78 is 53.9. The summed E-state index contributed by atoms with van der Waals surface area (Å²) in [7, 11) is 2.81. The third kappa shape index (κ3) is 5.42. The molecule has 0 amide bonds. The minimum atomic E-state index is -4.57. The summed E-state index contributed by atoms with van der Waals surface area (Å²) in [5.41, 5.74) is 0.332. The van der Waals surface area contributed by atoms with Gasteiger partial charge in [0.1, 0.15) is 5.69 Å². The molecule has 0 aliphatic carbocycles. The number of carbonyl (C=O) groups excluding carboxylic acids is 1. The molecular formula is C19H16ClF3N4O3S. The minimum Gasteiger partial charge on any atom is -0.464 e. The molecule has 7 nitrogen and oxygen atoms in total. The number of aromatic nitrogens is 3. The molecule has 0 saturated heterocycles. The zero-order valence-electron chi connectivity index (χ0n) is 16.5. The van der Waals surface area contributed by atoms with E-state index in [2.05, 4.69) is 19.5 Å². The van der Waals surface area contributed by atoms with Crippen molar-refractivity contribution in [3.63, 3.8) is 0 Å². The van der Waals surface area contributed by atoms with Crippen LogP contribution >= 0.6 is 23.5 Å². The summed E-state index contributed by atoms with van der Waals surface area (Å²) in [6.45, 7) is 1.80. The van der Waals surface area contributed by atoms with Crippen LogP contribution in [0.25, 0.3) is 0 Å². The average Bonchev–Trinajstić information content (AvgIpc) is 3.08. The topological polar surface area (TPSA) is 78.3 Å². The van der Waals surface area contributed by atoms with E-state index in [4.69, 9.17) is 16.3 Å². The quantitative estimate of drug-likeness (QED) is 0.375. The van der Waals surface area contributed by atoms with Crippen molar-refractivity contribution in [2.45, 2.75) is 18.0 Å². The van der Waals surface area contributed by atoms with E-state index in [0.29, 0.717) is 5.69 Å². The van der Waals surface area contributed by atoms with Crippen LogP contribution in [0.15, 0.2) is 41.4 Å². The van der Waals surface area contributed by atoms with Gasteiger partial charge in [0.15, 0.2) is 5.69 Å². The summed E-state index contributed by atoms with van der Waals surface area (Å²) in [4.78, 5) is 16.2. The minimum absolute atomic E-state index is 0.0526. The summed E-state index contributed by atoms with van der Waals surface area (Å²) in [5, 5.41) is 3.63. The number of nitrogens with one attached hydrogen (secondary N) is 1. The van der Waals surface area contributed by atoms with Gasteiger partial charge in [-0.25, -0.2) is 14.5 Å². The molecule has 0 spiro atoms. The normalized spacial score (nSPS) is 11.3. The molecule has 0 radical (unpaired) electrons. The second-order valence-corrected chi connectivity index (χ2v) is 7.58. The van der Waals surface area contributed by atoms with Crippen molar-refractivity contribution in [3.8, 4) is 11.8 Å². The molecule has 0 saturated carbocycles. The van der Waals surface area contributed by atoms with Gasteiger partial charge in [-0.15, -0.1) is 0 Å². The molecule has 31 heavy (non-hydrogen) atoms. The van der Waals surface area contributed by atoms with Crippen molar-refractivity contribution in [2.75, 3.05) is 11.8 Å². The maximum atomic E-state index is 13.1. The highest BCUT2D eigenvalue weighted by Gasteiger charge is 2.33. The second kappa shape index (κ2) is 9.06. The van der Waals surface area contributed by atoms with Crippen LogP contribution in [0.2, 0.25) is 5.02 Å². The van der Waals surface area contributed by atoms with Gasteiger partial charge in [-0.2, -0.15) is 18.3 Å². The Morgan fingerprint density at radius 2 is 2.00 bits per heavy atom. The molecular weight excluding hydrogens is 457 g/mol. The van der Waals surface area contributed by atoms with Gasteiger partial charge in [0.05, 0.1) is 17.7 Å². The lowest BCUT2D eigenvalue weighted by Crippen LogP contribution is -2.06. The van der Waals surface area contributed by atoms with Crippen molar-refractivity contribution in [2.24, 2.45) is 7.05 Å². The molecule has 0 aliphatic rings. The smallest absolute Gasteiger partial charge is 0.417 e. The molecule has 0 bridgehead atoms. The third-order valence-electron chi connectivity index (χ3n) is 3.94. The molecule has 0 fully saturated rings. The van der Waals surface area contributed by atoms with Crippen molar-refractivity contribution < 1.29 is 27.4 Å². The number of aryl methyl sites for hydroxylation is 2. The fourth-order valence-electron chi connectivity index (χ4n) is 2.46. The summed E-state index contributed by atoms with van der Waals surface area (Å²) in [6, 6.07) is 6.70. The molecule has 0 atom stereocenters. The monoisotopic (exact) mass is 472 g/mol. The van der Waals surface area contributed by atoms with Crippen LogP contribution in [0.3, 0.4) is 0 Å². The first-order valence-electron chi connectivity index (χ1n) is 8.65. The lowest BCUT2D eigenvalue weighted by molar-refractivity contribution is -0.137. The lowest BCUT2D eigenvalue weighted by Gasteiger charge is -2.13. The Hall–Kier alpha value is -2.92. The highest BCUT2D eigenvalue weighted by molar-refractivity contribution is 8.00. The molecule has 0 aliphatic heterocycles. The number of anilines is 1. The number of ether oxygens (including phenoxy) is 2. The highest BCUT2D eigenvalue weighted by atomic mass is 35.5. The number of esters is 1. The van der Waals surface area contributed by atoms with Crippen LogP contribution in [-0.2, 0) is 18.0 Å². The number of alkyl halides is 3. The number of methoxy groups -OCH3 is 1. The zero-order valence-corrected chi connectivity index (χ0v) is 18.0. The number of carbonyl (C=O) groups is 1. The number of hydrogen-bond acceptors (Lipinski definition) is 7. The van der Waals surface area contributed by atoms with Gasteiger partial charge in [-0.05, 0) is 48.7 Å². The van der Waals surface area contributed by atoms with E-state index in [9.17, 15) is 18.0 Å². The summed E-state index contributed by atoms with van der Waals surface area (Å²) in [5.74, 6) is -0.266. The van der Waals surface area contributed by atoms with Gasteiger partial charge in [0.2, 0.25) is 11.8 Å². The maximum absolute atomic E-state index is 13.1. The van der Waals surface area contributed by atoms with Crippen molar-refractivity contribution in [1.82, 2.24) is 14.8 Å². The molecule has 2 aromatic heterocycles. The van der Waals surface area contributed by atoms with E-state index in [0.717, 1.165) is 23.6 Å². The van der Waals surface area contributed by atoms with E-state index in [1.54, 1.807) is 26.2 Å². The Kier molecular flexibility index (Phi) is 6.65. The van der Waals surface area contributed by atoms with Gasteiger partial charge in [0, 0.05) is 24.2 Å². The van der Waals surface area contributed by atoms with E-state index < -0.39 is 17.7 Å². The Labute approximate surface area is 184 Å². The van der Waals surface area contributed by atoms with Crippen LogP contribution < -0.4 is 9.46 Å². The molecule has 1 N–H and O–H groups in total. The summed E-state index contributed by atoms with van der Waals surface area (Å²) in [6.07, 6.45) is -3.00. The Bertz CT molecular complexity index is 1120. The van der Waals surface area contributed by atoms with Crippen molar-refractivity contribution in [1.29, 1.82) is 0 Å². The largest absolute Gasteiger partial charge is 0.464 e. The first-order chi connectivity index (χ1) is 14.6. The highest BCUT2D eigenvalue weighted by Crippen LogP contribution is 2.38. The third-order valence-corrected chi connectivity index (χ3v) is 5.08. The number of rotatable bonds is 6. The second-order valence-electron chi connectivity index (χ2n) is 6.29. The van der Waals surface area contributed by atoms with Gasteiger partial charge in [-0.3, -0.25) is 0 Å². The molecule has 1 aromatic carbocycles. The van der Waals surface area contributed by atoms with E-state index >= 15 is 0 Å². The fraction of sp³-hybridized carbons (Fsp3) is 0.211. The maximum Gasteiger partial charge on any atom is 0.417 e. The van der Waals surface area contributed by atoms with Gasteiger partial charge >= 0.3 is 12.1 Å². The predicted molar refractivity (Wildman–Crippen MR) is 110 cm³/mol. The molecule has 3 rings (SSSR count). The number of nitrogens with zero attached hydrogens (tertiary/aromatic N) is 3. The number of halogens is 4. The van der Waals surface area contributed by atoms with Crippen molar-refractivity contribution in [3.05, 3.63) is 58.4 Å². The van der Waals surface area contributed by atoms with Crippen LogP contribution in [-0.4, -0.2) is 27.8 Å². The van der Waals surface area contributed by atoms with Crippen LogP contribution in [0.4, 0.5) is 18.9 Å². The molecule has 12 heteroatoms. The fourth-order valence-corrected chi connectivity index (χ4v) is 3.37. The average molecular weight is 473 g/mol. The van der Waals surface area contributed by atoms with Crippen LogP contribution in [0, 0.1) is 6.92 Å². The lowest BCUT2D eigenvalue weighted by atomic mass is 10.2. The SMILES string of the molecule is COC(=O)c1cc(Oc2ncc(C)cc2NSc2ccc(Cl)c(C(F)(F)F)c2)n(C)n1. The van der Waals surface area contributed by atoms with Gasteiger partial charge < -0.3 is 14.2 Å². The van der Waals surface area contributed by atoms with Gasteiger partial charge in [-0.1, -0.05) is 11.6 Å². The Morgan fingerprint density at radius 3 is 2.68 bits per heavy atom. The summed E-state index contributed by atoms with van der Waals surface area (Å²) >= 11 is 6.60. The molecule has 3 aromatic rings. The van der Waals surface area contributed by atoms with Gasteiger partial charge in [0.25, 0.3) is 0 Å². The molecule has 164 valence electrons. The first kappa shape index (κ1) is 22.8. The number of pyridine rings is 1. The van der Waals surface area contributed by atoms with E-state index in [1.165, 1.54) is 30.0 Å². The van der Waals surface area contributed by atoms with Crippen LogP contribution in [0.1, 0.15) is 21.6 Å². The number of benzene rings is 1. The standard InChI is InChI=1S/C19H16ClF3N4O3S/c1-10-6-14(26-31-11-4-5-13(20)12(7-11)19(21,22)23)17(24-9-10)30-16-8-15(18(28)29-3)25-27(16)2/h4-9,26H,1-3H3. The van der Waals surface area contributed by atoms with Crippen molar-refractivity contribution >= 4 is 35.2 Å². The Morgan fingerprint density at radius 1 is 1.26 bits per heavy atom. The zero-order chi connectivity index (χ0) is 22.8. The first-order valence-corrected chi connectivity index (χ1v) is 9.84. The predicted octanol–water partition coefficient (Wildman–Crippen LogP) is 5.49. The Balaban J connectivity index is 1.83. The number of hydrogen-bond donors (Lipinski definition) is 1.